The van der Waals surface area contributed by atoms with E-state index in [-0.39, 0.29) is 11.5 Å². The first-order chi connectivity index (χ1) is 12.1. The quantitative estimate of drug-likeness (QED) is 0.756. The Morgan fingerprint density at radius 3 is 2.64 bits per heavy atom. The van der Waals surface area contributed by atoms with Crippen molar-refractivity contribution in [3.8, 4) is 0 Å². The van der Waals surface area contributed by atoms with Gasteiger partial charge in [-0.2, -0.15) is 0 Å². The van der Waals surface area contributed by atoms with Crippen LogP contribution in [0.15, 0.2) is 60.7 Å². The number of carboxylic acid groups (broad SMARTS) is 1. The molecular weight excluding hydrogens is 317 g/mol. The van der Waals surface area contributed by atoms with E-state index in [4.69, 9.17) is 5.11 Å². The number of fused-ring (bicyclic) bond motifs is 1. The van der Waals surface area contributed by atoms with Gasteiger partial charge in [0.1, 0.15) is 5.82 Å². The standard InChI is InChI=1S/C21H18FNO2/c22-20-17(8-4-9-18(20)21(24)25)15-11-12-23(13-15)19-10-3-6-14-5-1-2-7-16(14)19/h1-10,15H,11-13H2,(H,24,25). The zero-order chi connectivity index (χ0) is 17.4. The van der Waals surface area contributed by atoms with Gasteiger partial charge in [-0.05, 0) is 29.5 Å². The molecule has 1 heterocycles. The summed E-state index contributed by atoms with van der Waals surface area (Å²) in [6.45, 7) is 1.52. The van der Waals surface area contributed by atoms with E-state index < -0.39 is 11.8 Å². The zero-order valence-corrected chi connectivity index (χ0v) is 13.7. The lowest BCUT2D eigenvalue weighted by atomic mass is 9.95. The number of halogens is 1. The summed E-state index contributed by atoms with van der Waals surface area (Å²) in [7, 11) is 0. The summed E-state index contributed by atoms with van der Waals surface area (Å²) in [6.07, 6.45) is 0.809. The number of anilines is 1. The Bertz CT molecular complexity index is 948. The Kier molecular flexibility index (Phi) is 3.88. The zero-order valence-electron chi connectivity index (χ0n) is 13.7. The molecule has 126 valence electrons. The van der Waals surface area contributed by atoms with Crippen molar-refractivity contribution in [2.45, 2.75) is 12.3 Å². The molecular formula is C21H18FNO2. The van der Waals surface area contributed by atoms with Crippen LogP contribution < -0.4 is 4.90 Å². The minimum absolute atomic E-state index is 0.00160. The smallest absolute Gasteiger partial charge is 0.338 e. The normalized spacial score (nSPS) is 17.2. The van der Waals surface area contributed by atoms with E-state index in [0.717, 1.165) is 18.7 Å². The van der Waals surface area contributed by atoms with Gasteiger partial charge in [-0.3, -0.25) is 0 Å². The first kappa shape index (κ1) is 15.6. The number of aromatic carboxylic acids is 1. The maximum absolute atomic E-state index is 14.6. The molecule has 3 aromatic rings. The lowest BCUT2D eigenvalue weighted by molar-refractivity contribution is 0.0691. The lowest BCUT2D eigenvalue weighted by Gasteiger charge is -2.21. The van der Waals surface area contributed by atoms with E-state index in [9.17, 15) is 9.18 Å². The van der Waals surface area contributed by atoms with Crippen LogP contribution in [0, 0.1) is 5.82 Å². The van der Waals surface area contributed by atoms with Crippen molar-refractivity contribution in [2.75, 3.05) is 18.0 Å². The Hall–Kier alpha value is -2.88. The Labute approximate surface area is 145 Å². The highest BCUT2D eigenvalue weighted by Crippen LogP contribution is 2.35. The molecule has 0 radical (unpaired) electrons. The molecule has 0 saturated carbocycles. The molecule has 1 saturated heterocycles. The first-order valence-electron chi connectivity index (χ1n) is 8.39. The van der Waals surface area contributed by atoms with Gasteiger partial charge in [0.2, 0.25) is 0 Å². The SMILES string of the molecule is O=C(O)c1cccc(C2CCN(c3cccc4ccccc34)C2)c1F. The summed E-state index contributed by atoms with van der Waals surface area (Å²) in [4.78, 5) is 13.4. The third kappa shape index (κ3) is 2.74. The van der Waals surface area contributed by atoms with Gasteiger partial charge < -0.3 is 10.0 Å². The Balaban J connectivity index is 1.66. The molecule has 4 heteroatoms. The summed E-state index contributed by atoms with van der Waals surface area (Å²) in [5.41, 5.74) is 1.40. The fourth-order valence-electron chi connectivity index (χ4n) is 3.75. The van der Waals surface area contributed by atoms with E-state index in [1.54, 1.807) is 12.1 Å². The summed E-state index contributed by atoms with van der Waals surface area (Å²) in [6, 6.07) is 19.1. The van der Waals surface area contributed by atoms with Crippen LogP contribution in [0.1, 0.15) is 28.3 Å². The molecule has 3 nitrogen and oxygen atoms in total. The number of hydrogen-bond acceptors (Lipinski definition) is 2. The van der Waals surface area contributed by atoms with Gasteiger partial charge in [0, 0.05) is 30.1 Å². The number of hydrogen-bond donors (Lipinski definition) is 1. The molecule has 0 aliphatic carbocycles. The van der Waals surface area contributed by atoms with Crippen molar-refractivity contribution in [3.05, 3.63) is 77.6 Å². The first-order valence-corrected chi connectivity index (χ1v) is 8.39. The minimum Gasteiger partial charge on any atom is -0.478 e. The second kappa shape index (κ2) is 6.20. The highest BCUT2D eigenvalue weighted by Gasteiger charge is 2.28. The van der Waals surface area contributed by atoms with E-state index in [0.29, 0.717) is 12.1 Å². The van der Waals surface area contributed by atoms with Gasteiger partial charge in [-0.1, -0.05) is 48.5 Å². The monoisotopic (exact) mass is 335 g/mol. The summed E-state index contributed by atoms with van der Waals surface area (Å²) >= 11 is 0. The van der Waals surface area contributed by atoms with Crippen molar-refractivity contribution >= 4 is 22.4 Å². The van der Waals surface area contributed by atoms with Gasteiger partial charge in [-0.25, -0.2) is 9.18 Å². The van der Waals surface area contributed by atoms with Crippen LogP contribution in [0.25, 0.3) is 10.8 Å². The number of rotatable bonds is 3. The average Bonchev–Trinajstić information content (AvgIpc) is 3.11. The van der Waals surface area contributed by atoms with Gasteiger partial charge in [0.05, 0.1) is 5.56 Å². The molecule has 1 aliphatic heterocycles. The molecule has 0 amide bonds. The molecule has 3 aromatic carbocycles. The summed E-state index contributed by atoms with van der Waals surface area (Å²) in [5.74, 6) is -1.82. The molecule has 1 N–H and O–H groups in total. The fraction of sp³-hybridized carbons (Fsp3) is 0.190. The fourth-order valence-corrected chi connectivity index (χ4v) is 3.75. The number of carboxylic acids is 1. The average molecular weight is 335 g/mol. The Morgan fingerprint density at radius 2 is 1.80 bits per heavy atom. The maximum Gasteiger partial charge on any atom is 0.338 e. The van der Waals surface area contributed by atoms with Gasteiger partial charge in [-0.15, -0.1) is 0 Å². The van der Waals surface area contributed by atoms with Crippen LogP contribution in [0.4, 0.5) is 10.1 Å². The van der Waals surface area contributed by atoms with Gasteiger partial charge >= 0.3 is 5.97 Å². The van der Waals surface area contributed by atoms with E-state index in [1.165, 1.54) is 16.8 Å². The number of benzene rings is 3. The van der Waals surface area contributed by atoms with Crippen molar-refractivity contribution in [1.82, 2.24) is 0 Å². The minimum atomic E-state index is -1.22. The molecule has 0 spiro atoms. The second-order valence-electron chi connectivity index (χ2n) is 6.44. The maximum atomic E-state index is 14.6. The van der Waals surface area contributed by atoms with Crippen molar-refractivity contribution in [1.29, 1.82) is 0 Å². The van der Waals surface area contributed by atoms with Crippen LogP contribution in [-0.4, -0.2) is 24.2 Å². The van der Waals surface area contributed by atoms with Crippen molar-refractivity contribution < 1.29 is 14.3 Å². The van der Waals surface area contributed by atoms with Crippen LogP contribution in [0.3, 0.4) is 0 Å². The number of carbonyl (C=O) groups is 1. The summed E-state index contributed by atoms with van der Waals surface area (Å²) in [5, 5.41) is 11.5. The predicted molar refractivity (Wildman–Crippen MR) is 96.9 cm³/mol. The van der Waals surface area contributed by atoms with E-state index in [2.05, 4.69) is 29.2 Å². The molecule has 1 fully saturated rings. The topological polar surface area (TPSA) is 40.5 Å². The van der Waals surface area contributed by atoms with Gasteiger partial charge in [0.15, 0.2) is 0 Å². The second-order valence-corrected chi connectivity index (χ2v) is 6.44. The Morgan fingerprint density at radius 1 is 1.04 bits per heavy atom. The lowest BCUT2D eigenvalue weighted by Crippen LogP contribution is -2.19. The number of nitrogens with zero attached hydrogens (tertiary/aromatic N) is 1. The van der Waals surface area contributed by atoms with Gasteiger partial charge in [0.25, 0.3) is 0 Å². The van der Waals surface area contributed by atoms with Crippen LogP contribution >= 0.6 is 0 Å². The van der Waals surface area contributed by atoms with E-state index in [1.807, 2.05) is 18.2 Å². The summed E-state index contributed by atoms with van der Waals surface area (Å²) < 4.78 is 14.6. The third-order valence-corrected chi connectivity index (χ3v) is 4.99. The van der Waals surface area contributed by atoms with Crippen molar-refractivity contribution in [3.63, 3.8) is 0 Å². The van der Waals surface area contributed by atoms with Crippen LogP contribution in [0.5, 0.6) is 0 Å². The van der Waals surface area contributed by atoms with Crippen LogP contribution in [-0.2, 0) is 0 Å². The molecule has 1 aliphatic rings. The highest BCUT2D eigenvalue weighted by molar-refractivity contribution is 5.94. The predicted octanol–water partition coefficient (Wildman–Crippen LogP) is 4.67. The molecule has 1 atom stereocenters. The molecule has 0 bridgehead atoms. The molecule has 0 aromatic heterocycles. The van der Waals surface area contributed by atoms with Crippen molar-refractivity contribution in [2.24, 2.45) is 0 Å². The molecule has 25 heavy (non-hydrogen) atoms. The van der Waals surface area contributed by atoms with E-state index >= 15 is 0 Å². The molecule has 1 unspecified atom stereocenters. The third-order valence-electron chi connectivity index (χ3n) is 4.99. The largest absolute Gasteiger partial charge is 0.478 e. The van der Waals surface area contributed by atoms with Crippen LogP contribution in [0.2, 0.25) is 0 Å². The molecule has 4 rings (SSSR count). The highest BCUT2D eigenvalue weighted by atomic mass is 19.1.